The van der Waals surface area contributed by atoms with E-state index in [0.29, 0.717) is 37.6 Å². The fourth-order valence-corrected chi connectivity index (χ4v) is 6.74. The number of anilines is 1. The molecular formula is C29H24N4O5. The molecule has 2 atom stereocenters. The van der Waals surface area contributed by atoms with Gasteiger partial charge in [0, 0.05) is 36.6 Å². The molecule has 3 aliphatic carbocycles. The quantitative estimate of drug-likeness (QED) is 0.231. The van der Waals surface area contributed by atoms with Crippen LogP contribution in [0.3, 0.4) is 0 Å². The van der Waals surface area contributed by atoms with Gasteiger partial charge in [-0.05, 0) is 28.3 Å². The molecular weight excluding hydrogens is 484 g/mol. The van der Waals surface area contributed by atoms with E-state index in [-0.39, 0.29) is 29.3 Å². The first kappa shape index (κ1) is 22.8. The molecule has 0 spiro atoms. The Hall–Kier alpha value is -4.37. The van der Waals surface area contributed by atoms with Crippen molar-refractivity contribution in [2.45, 2.75) is 11.8 Å². The smallest absolute Gasteiger partial charge is 0.293 e. The van der Waals surface area contributed by atoms with E-state index in [1.54, 1.807) is 12.1 Å². The lowest BCUT2D eigenvalue weighted by atomic mass is 9.55. The molecule has 2 bridgehead atoms. The van der Waals surface area contributed by atoms with Gasteiger partial charge in [-0.3, -0.25) is 19.7 Å². The highest BCUT2D eigenvalue weighted by Gasteiger charge is 2.61. The van der Waals surface area contributed by atoms with Crippen molar-refractivity contribution in [2.24, 2.45) is 16.9 Å². The minimum absolute atomic E-state index is 0.0486. The van der Waals surface area contributed by atoms with Gasteiger partial charge >= 0.3 is 0 Å². The number of carbonyl (C=O) groups is 2. The van der Waals surface area contributed by atoms with Crippen LogP contribution >= 0.6 is 0 Å². The molecule has 3 aromatic rings. The lowest BCUT2D eigenvalue weighted by Crippen LogP contribution is -2.41. The molecule has 9 heteroatoms. The van der Waals surface area contributed by atoms with E-state index in [1.165, 1.54) is 12.3 Å². The van der Waals surface area contributed by atoms with Gasteiger partial charge in [-0.25, -0.2) is 0 Å². The van der Waals surface area contributed by atoms with Crippen molar-refractivity contribution in [1.82, 2.24) is 5.01 Å². The molecule has 0 N–H and O–H groups in total. The highest BCUT2D eigenvalue weighted by molar-refractivity contribution is 6.08. The van der Waals surface area contributed by atoms with Crippen molar-refractivity contribution < 1.29 is 19.2 Å². The largest absolute Gasteiger partial charge is 0.378 e. The van der Waals surface area contributed by atoms with Crippen LogP contribution in [0.15, 0.2) is 71.8 Å². The normalized spacial score (nSPS) is 25.5. The summed E-state index contributed by atoms with van der Waals surface area (Å²) < 4.78 is 5.36. The van der Waals surface area contributed by atoms with Crippen molar-refractivity contribution >= 4 is 29.4 Å². The van der Waals surface area contributed by atoms with E-state index in [9.17, 15) is 19.7 Å². The van der Waals surface area contributed by atoms with E-state index in [0.717, 1.165) is 27.3 Å². The van der Waals surface area contributed by atoms with Crippen LogP contribution in [0.25, 0.3) is 0 Å². The average Bonchev–Trinajstić information content (AvgIpc) is 3.21. The van der Waals surface area contributed by atoms with Crippen LogP contribution in [0, 0.1) is 22.0 Å². The number of rotatable bonds is 4. The Morgan fingerprint density at radius 3 is 1.87 bits per heavy atom. The van der Waals surface area contributed by atoms with Crippen molar-refractivity contribution in [1.29, 1.82) is 0 Å². The van der Waals surface area contributed by atoms with Gasteiger partial charge in [-0.2, -0.15) is 10.1 Å². The number of morpholine rings is 1. The van der Waals surface area contributed by atoms with Crippen LogP contribution in [0.5, 0.6) is 0 Å². The van der Waals surface area contributed by atoms with Gasteiger partial charge in [0.1, 0.15) is 5.69 Å². The van der Waals surface area contributed by atoms with Gasteiger partial charge < -0.3 is 9.64 Å². The summed E-state index contributed by atoms with van der Waals surface area (Å²) in [5.74, 6) is -2.10. The van der Waals surface area contributed by atoms with Crippen LogP contribution < -0.4 is 4.90 Å². The number of hydrazone groups is 1. The zero-order chi connectivity index (χ0) is 26.0. The van der Waals surface area contributed by atoms with Crippen LogP contribution in [0.2, 0.25) is 0 Å². The maximum absolute atomic E-state index is 13.7. The molecule has 2 amide bonds. The Kier molecular flexibility index (Phi) is 5.16. The zero-order valence-electron chi connectivity index (χ0n) is 20.4. The number of amides is 2. The topological polar surface area (TPSA) is 105 Å². The highest BCUT2D eigenvalue weighted by atomic mass is 16.6. The number of benzene rings is 3. The molecule has 0 aromatic heterocycles. The Morgan fingerprint density at radius 1 is 0.842 bits per heavy atom. The second-order valence-corrected chi connectivity index (χ2v) is 10.1. The fraction of sp³-hybridized carbons (Fsp3) is 0.276. The SMILES string of the molecule is O=C1[C@H]2C3c4ccccc4C(c4ccccc43)[C@@H]2C(=O)N1/N=C\c1ccc(N2CCOCC2)c([N+](=O)[O-])c1. The third kappa shape index (κ3) is 3.24. The molecule has 0 saturated carbocycles. The predicted octanol–water partition coefficient (Wildman–Crippen LogP) is 3.66. The standard InChI is InChI=1S/C29H24N4O5/c34-28-26-24-18-5-1-2-6-19(18)25(21-8-4-3-7-20(21)24)27(26)29(35)32(28)30-16-17-9-10-22(23(15-17)33(36)37)31-11-13-38-14-12-31/h1-10,15-16,24-27H,11-14H2/b30-16-/t24?,25?,26-,27-/m0/s1. The minimum Gasteiger partial charge on any atom is -0.378 e. The number of ether oxygens (including phenoxy) is 1. The van der Waals surface area contributed by atoms with Gasteiger partial charge in [-0.15, -0.1) is 0 Å². The van der Waals surface area contributed by atoms with E-state index in [1.807, 2.05) is 29.2 Å². The molecule has 2 aliphatic heterocycles. The summed E-state index contributed by atoms with van der Waals surface area (Å²) >= 11 is 0. The van der Waals surface area contributed by atoms with E-state index in [4.69, 9.17) is 4.74 Å². The van der Waals surface area contributed by atoms with Crippen LogP contribution in [0.1, 0.15) is 39.7 Å². The summed E-state index contributed by atoms with van der Waals surface area (Å²) in [6.45, 7) is 2.16. The van der Waals surface area contributed by atoms with Gasteiger partial charge in [0.2, 0.25) is 0 Å². The predicted molar refractivity (Wildman–Crippen MR) is 139 cm³/mol. The third-order valence-electron chi connectivity index (χ3n) is 8.30. The number of hydrogen-bond donors (Lipinski definition) is 0. The van der Waals surface area contributed by atoms with Crippen LogP contribution in [-0.4, -0.2) is 54.3 Å². The van der Waals surface area contributed by atoms with Crippen LogP contribution in [-0.2, 0) is 14.3 Å². The van der Waals surface area contributed by atoms with Crippen molar-refractivity contribution in [3.63, 3.8) is 0 Å². The molecule has 38 heavy (non-hydrogen) atoms. The number of nitrogens with zero attached hydrogens (tertiary/aromatic N) is 4. The first-order chi connectivity index (χ1) is 18.5. The Morgan fingerprint density at radius 2 is 1.37 bits per heavy atom. The van der Waals surface area contributed by atoms with E-state index in [2.05, 4.69) is 29.4 Å². The molecule has 0 radical (unpaired) electrons. The molecule has 9 nitrogen and oxygen atoms in total. The lowest BCUT2D eigenvalue weighted by Gasteiger charge is -2.45. The molecule has 190 valence electrons. The van der Waals surface area contributed by atoms with Gasteiger partial charge in [-0.1, -0.05) is 54.6 Å². The number of nitro groups is 1. The third-order valence-corrected chi connectivity index (χ3v) is 8.30. The summed E-state index contributed by atoms with van der Waals surface area (Å²) in [5, 5.41) is 17.1. The number of nitro benzene ring substituents is 1. The second-order valence-electron chi connectivity index (χ2n) is 10.1. The molecule has 2 heterocycles. The lowest BCUT2D eigenvalue weighted by molar-refractivity contribution is -0.384. The van der Waals surface area contributed by atoms with E-state index >= 15 is 0 Å². The van der Waals surface area contributed by atoms with Crippen molar-refractivity contribution in [3.8, 4) is 0 Å². The van der Waals surface area contributed by atoms with Crippen LogP contribution in [0.4, 0.5) is 11.4 Å². The number of carbonyl (C=O) groups excluding carboxylic acids is 2. The maximum Gasteiger partial charge on any atom is 0.293 e. The minimum atomic E-state index is -0.521. The number of imide groups is 1. The molecule has 8 rings (SSSR count). The summed E-state index contributed by atoms with van der Waals surface area (Å²) in [5.41, 5.74) is 5.29. The molecule has 2 saturated heterocycles. The Bertz CT molecular complexity index is 1410. The monoisotopic (exact) mass is 508 g/mol. The van der Waals surface area contributed by atoms with Gasteiger partial charge in [0.15, 0.2) is 0 Å². The molecule has 0 unspecified atom stereocenters. The summed E-state index contributed by atoms with van der Waals surface area (Å²) in [7, 11) is 0. The Labute approximate surface area is 218 Å². The summed E-state index contributed by atoms with van der Waals surface area (Å²) in [4.78, 5) is 40.7. The van der Waals surface area contributed by atoms with Gasteiger partial charge in [0.25, 0.3) is 17.5 Å². The Balaban J connectivity index is 1.23. The summed E-state index contributed by atoms with van der Waals surface area (Å²) in [6.07, 6.45) is 1.37. The zero-order valence-corrected chi connectivity index (χ0v) is 20.4. The van der Waals surface area contributed by atoms with Crippen molar-refractivity contribution in [3.05, 3.63) is 105 Å². The summed E-state index contributed by atoms with van der Waals surface area (Å²) in [6, 6.07) is 20.9. The maximum atomic E-state index is 13.7. The molecule has 3 aromatic carbocycles. The second kappa shape index (κ2) is 8.59. The van der Waals surface area contributed by atoms with Gasteiger partial charge in [0.05, 0.1) is 36.2 Å². The first-order valence-electron chi connectivity index (χ1n) is 12.7. The van der Waals surface area contributed by atoms with E-state index < -0.39 is 16.8 Å². The first-order valence-corrected chi connectivity index (χ1v) is 12.7. The highest BCUT2D eigenvalue weighted by Crippen LogP contribution is 2.60. The molecule has 5 aliphatic rings. The number of hydrogen-bond acceptors (Lipinski definition) is 7. The molecule has 2 fully saturated rings. The average molecular weight is 509 g/mol. The van der Waals surface area contributed by atoms with Crippen molar-refractivity contribution in [2.75, 3.05) is 31.2 Å². The fourth-order valence-electron chi connectivity index (χ4n) is 6.74.